The first kappa shape index (κ1) is 7.25. The molecule has 0 aliphatic carbocycles. The lowest BCUT2D eigenvalue weighted by Gasteiger charge is -2.32. The van der Waals surface area contributed by atoms with Crippen LogP contribution in [0.5, 0.6) is 0 Å². The van der Waals surface area contributed by atoms with Crippen molar-refractivity contribution in [3.05, 3.63) is 0 Å². The van der Waals surface area contributed by atoms with Crippen molar-refractivity contribution in [3.63, 3.8) is 0 Å². The van der Waals surface area contributed by atoms with Gasteiger partial charge in [-0.15, -0.1) is 0 Å². The van der Waals surface area contributed by atoms with Gasteiger partial charge in [-0.3, -0.25) is 4.79 Å². The molecule has 11 heavy (non-hydrogen) atoms. The summed E-state index contributed by atoms with van der Waals surface area (Å²) in [6.45, 7) is 2.12. The first-order valence-electron chi connectivity index (χ1n) is 4.15. The molecule has 2 aliphatic heterocycles. The third-order valence-corrected chi connectivity index (χ3v) is 2.52. The van der Waals surface area contributed by atoms with Gasteiger partial charge in [0.25, 0.3) is 0 Å². The maximum absolute atomic E-state index is 11.0. The molecule has 0 amide bonds. The molecule has 1 unspecified atom stereocenters. The zero-order valence-corrected chi connectivity index (χ0v) is 6.56. The molecule has 1 N–H and O–H groups in total. The van der Waals surface area contributed by atoms with Crippen LogP contribution in [-0.4, -0.2) is 31.1 Å². The molecule has 2 saturated heterocycles. The molecule has 62 valence electrons. The van der Waals surface area contributed by atoms with Gasteiger partial charge in [0, 0.05) is 18.6 Å². The normalized spacial score (nSPS) is 38.4. The number of rotatable bonds is 0. The number of nitrogens with one attached hydrogen (secondary N) is 1. The molecule has 2 heterocycles. The fourth-order valence-corrected chi connectivity index (χ4v) is 1.92. The van der Waals surface area contributed by atoms with Gasteiger partial charge in [-0.25, -0.2) is 0 Å². The van der Waals surface area contributed by atoms with Crippen LogP contribution in [-0.2, 0) is 9.53 Å². The molecular formula is C8H13NO2. The summed E-state index contributed by atoms with van der Waals surface area (Å²) in [6, 6.07) is 0. The van der Waals surface area contributed by atoms with Gasteiger partial charge in [0.05, 0.1) is 13.2 Å². The minimum absolute atomic E-state index is 0.0231. The molecule has 1 spiro atoms. The fourth-order valence-electron chi connectivity index (χ4n) is 1.92. The van der Waals surface area contributed by atoms with E-state index >= 15 is 0 Å². The van der Waals surface area contributed by atoms with Crippen molar-refractivity contribution in [2.45, 2.75) is 24.8 Å². The summed E-state index contributed by atoms with van der Waals surface area (Å²) in [6.07, 6.45) is 2.85. The molecule has 0 saturated carbocycles. The third-order valence-electron chi connectivity index (χ3n) is 2.52. The van der Waals surface area contributed by atoms with Gasteiger partial charge in [-0.1, -0.05) is 0 Å². The Morgan fingerprint density at radius 2 is 2.45 bits per heavy atom. The van der Waals surface area contributed by atoms with Crippen LogP contribution >= 0.6 is 0 Å². The molecule has 3 heteroatoms. The Morgan fingerprint density at radius 1 is 1.55 bits per heavy atom. The van der Waals surface area contributed by atoms with Crippen LogP contribution in [0.1, 0.15) is 19.3 Å². The van der Waals surface area contributed by atoms with Crippen molar-refractivity contribution in [1.29, 1.82) is 0 Å². The van der Waals surface area contributed by atoms with Crippen molar-refractivity contribution in [2.75, 3.05) is 19.8 Å². The Balaban J connectivity index is 2.03. The number of hydrogen-bond donors (Lipinski definition) is 1. The maximum atomic E-state index is 11.0. The number of hydrogen-bond acceptors (Lipinski definition) is 3. The van der Waals surface area contributed by atoms with Crippen LogP contribution in [0.15, 0.2) is 0 Å². The van der Waals surface area contributed by atoms with E-state index in [1.807, 2.05) is 0 Å². The van der Waals surface area contributed by atoms with Crippen LogP contribution in [0.4, 0.5) is 0 Å². The highest BCUT2D eigenvalue weighted by molar-refractivity contribution is 5.84. The van der Waals surface area contributed by atoms with Crippen molar-refractivity contribution < 1.29 is 9.53 Å². The van der Waals surface area contributed by atoms with Crippen molar-refractivity contribution in [2.24, 2.45) is 0 Å². The quantitative estimate of drug-likeness (QED) is 0.539. The molecule has 0 aromatic carbocycles. The number of carbonyl (C=O) groups is 1. The standard InChI is InChI=1S/C8H13NO2/c10-7-4-8(9-5-7)2-1-3-11-6-8/h9H,1-6H2. The molecule has 0 radical (unpaired) electrons. The van der Waals surface area contributed by atoms with Gasteiger partial charge in [-0.05, 0) is 12.8 Å². The van der Waals surface area contributed by atoms with E-state index in [4.69, 9.17) is 4.74 Å². The second-order valence-corrected chi connectivity index (χ2v) is 3.51. The number of carbonyl (C=O) groups excluding carboxylic acids is 1. The Labute approximate surface area is 66.1 Å². The summed E-state index contributed by atoms with van der Waals surface area (Å²) in [5.41, 5.74) is 0.0231. The van der Waals surface area contributed by atoms with Gasteiger partial charge in [-0.2, -0.15) is 0 Å². The molecule has 0 aromatic rings. The second kappa shape index (κ2) is 2.57. The minimum Gasteiger partial charge on any atom is -0.380 e. The van der Waals surface area contributed by atoms with Gasteiger partial charge in [0.2, 0.25) is 0 Å². The lowest BCUT2D eigenvalue weighted by atomic mass is 9.91. The van der Waals surface area contributed by atoms with E-state index in [-0.39, 0.29) is 5.54 Å². The highest BCUT2D eigenvalue weighted by atomic mass is 16.5. The molecule has 2 rings (SSSR count). The van der Waals surface area contributed by atoms with Crippen molar-refractivity contribution in [3.8, 4) is 0 Å². The van der Waals surface area contributed by atoms with Gasteiger partial charge in [0.1, 0.15) is 5.78 Å². The Bertz CT molecular complexity index is 173. The molecule has 2 fully saturated rings. The minimum atomic E-state index is 0.0231. The summed E-state index contributed by atoms with van der Waals surface area (Å²) in [4.78, 5) is 11.0. The van der Waals surface area contributed by atoms with Crippen LogP contribution in [0.25, 0.3) is 0 Å². The maximum Gasteiger partial charge on any atom is 0.148 e. The summed E-state index contributed by atoms with van der Waals surface area (Å²) < 4.78 is 5.34. The topological polar surface area (TPSA) is 38.3 Å². The predicted molar refractivity (Wildman–Crippen MR) is 40.4 cm³/mol. The molecular weight excluding hydrogens is 142 g/mol. The predicted octanol–water partition coefficient (Wildman–Crippen LogP) is 0.0980. The summed E-state index contributed by atoms with van der Waals surface area (Å²) in [5, 5.41) is 3.25. The molecule has 1 atom stereocenters. The number of ketones is 1. The largest absolute Gasteiger partial charge is 0.380 e. The van der Waals surface area contributed by atoms with E-state index in [1.165, 1.54) is 0 Å². The van der Waals surface area contributed by atoms with Gasteiger partial charge in [0.15, 0.2) is 0 Å². The van der Waals surface area contributed by atoms with Crippen molar-refractivity contribution in [1.82, 2.24) is 5.32 Å². The van der Waals surface area contributed by atoms with E-state index in [9.17, 15) is 4.79 Å². The van der Waals surface area contributed by atoms with E-state index in [1.54, 1.807) is 0 Å². The number of Topliss-reactive ketones (excluding diaryl/α,β-unsaturated/α-hetero) is 1. The van der Waals surface area contributed by atoms with Crippen LogP contribution in [0, 0.1) is 0 Å². The summed E-state index contributed by atoms with van der Waals surface area (Å²) in [5.74, 6) is 0.329. The van der Waals surface area contributed by atoms with E-state index in [0.717, 1.165) is 26.1 Å². The first-order chi connectivity index (χ1) is 5.31. The lowest BCUT2D eigenvalue weighted by Crippen LogP contribution is -2.46. The second-order valence-electron chi connectivity index (χ2n) is 3.51. The Morgan fingerprint density at radius 3 is 3.00 bits per heavy atom. The van der Waals surface area contributed by atoms with E-state index < -0.39 is 0 Å². The monoisotopic (exact) mass is 155 g/mol. The summed E-state index contributed by atoms with van der Waals surface area (Å²) in [7, 11) is 0. The zero-order chi connectivity index (χ0) is 7.73. The highest BCUT2D eigenvalue weighted by Gasteiger charge is 2.39. The van der Waals surface area contributed by atoms with Crippen LogP contribution in [0.2, 0.25) is 0 Å². The molecule has 0 bridgehead atoms. The average molecular weight is 155 g/mol. The highest BCUT2D eigenvalue weighted by Crippen LogP contribution is 2.26. The smallest absolute Gasteiger partial charge is 0.148 e. The zero-order valence-electron chi connectivity index (χ0n) is 6.56. The first-order valence-corrected chi connectivity index (χ1v) is 4.15. The lowest BCUT2D eigenvalue weighted by molar-refractivity contribution is -0.117. The Kier molecular flexibility index (Phi) is 1.69. The number of ether oxygens (including phenoxy) is 1. The van der Waals surface area contributed by atoms with E-state index in [2.05, 4.69) is 5.32 Å². The van der Waals surface area contributed by atoms with Crippen LogP contribution in [0.3, 0.4) is 0 Å². The van der Waals surface area contributed by atoms with Crippen LogP contribution < -0.4 is 5.32 Å². The Hall–Kier alpha value is -0.410. The fraction of sp³-hybridized carbons (Fsp3) is 0.875. The molecule has 2 aliphatic rings. The average Bonchev–Trinajstić information content (AvgIpc) is 2.34. The third kappa shape index (κ3) is 1.30. The van der Waals surface area contributed by atoms with Gasteiger partial charge < -0.3 is 10.1 Å². The van der Waals surface area contributed by atoms with Crippen molar-refractivity contribution >= 4 is 5.78 Å². The van der Waals surface area contributed by atoms with Gasteiger partial charge >= 0.3 is 0 Å². The molecule has 3 nitrogen and oxygen atoms in total. The summed E-state index contributed by atoms with van der Waals surface area (Å²) >= 11 is 0. The molecule has 0 aromatic heterocycles. The SMILES string of the molecule is O=C1CNC2(CCCOC2)C1. The van der Waals surface area contributed by atoms with E-state index in [0.29, 0.717) is 18.7 Å².